The summed E-state index contributed by atoms with van der Waals surface area (Å²) in [5.41, 5.74) is -0.425. The molecule has 1 aliphatic rings. The van der Waals surface area contributed by atoms with Crippen LogP contribution >= 0.6 is 0 Å². The fourth-order valence-electron chi connectivity index (χ4n) is 2.58. The molecule has 1 aromatic carbocycles. The first-order chi connectivity index (χ1) is 11.9. The Kier molecular flexibility index (Phi) is 5.08. The van der Waals surface area contributed by atoms with Gasteiger partial charge in [0.05, 0.1) is 0 Å². The molecule has 0 saturated heterocycles. The van der Waals surface area contributed by atoms with Crippen molar-refractivity contribution in [3.8, 4) is 0 Å². The lowest BCUT2D eigenvalue weighted by molar-refractivity contribution is -0.117. The van der Waals surface area contributed by atoms with Crippen LogP contribution in [0.3, 0.4) is 0 Å². The van der Waals surface area contributed by atoms with Crippen LogP contribution in [0, 0.1) is 0 Å². The molecule has 11 heteroatoms. The van der Waals surface area contributed by atoms with Gasteiger partial charge in [0.15, 0.2) is 0 Å². The normalized spacial score (nSPS) is 21.1. The zero-order valence-electron chi connectivity index (χ0n) is 13.5. The van der Waals surface area contributed by atoms with Gasteiger partial charge in [-0.3, -0.25) is 14.3 Å². The van der Waals surface area contributed by atoms with Gasteiger partial charge in [-0.2, -0.15) is 0 Å². The Bertz CT molecular complexity index is 1030. The molecule has 0 aromatic heterocycles. The Labute approximate surface area is 150 Å². The van der Waals surface area contributed by atoms with Crippen molar-refractivity contribution in [2.24, 2.45) is 5.14 Å². The van der Waals surface area contributed by atoms with Crippen LogP contribution in [-0.2, 0) is 29.6 Å². The number of sulfonamides is 2. The standard InChI is InChI=1S/C15H16N2O7S2/c1-10(19)17-26(23,24)15(25(16,21)22)7-12(9-18)14(20)13(8-15)11-5-3-2-4-6-11/h2-6,8-9,20H,7H2,1H3,(H,17,19)(H2,16,21,22). The summed E-state index contributed by atoms with van der Waals surface area (Å²) < 4.78 is 48.6. The maximum atomic E-state index is 12.7. The van der Waals surface area contributed by atoms with Crippen LogP contribution in [-0.4, -0.2) is 38.2 Å². The lowest BCUT2D eigenvalue weighted by Gasteiger charge is -2.32. The number of hydrogen-bond acceptors (Lipinski definition) is 7. The molecule has 1 unspecified atom stereocenters. The highest BCUT2D eigenvalue weighted by Crippen LogP contribution is 2.41. The zero-order chi connectivity index (χ0) is 19.8. The summed E-state index contributed by atoms with van der Waals surface area (Å²) in [5.74, 6) is -1.60. The zero-order valence-corrected chi connectivity index (χ0v) is 15.2. The van der Waals surface area contributed by atoms with Gasteiger partial charge in [0.25, 0.3) is 10.0 Å². The summed E-state index contributed by atoms with van der Waals surface area (Å²) in [4.78, 5) is 22.6. The van der Waals surface area contributed by atoms with Crippen LogP contribution in [0.5, 0.6) is 0 Å². The van der Waals surface area contributed by atoms with Crippen molar-refractivity contribution in [2.75, 3.05) is 0 Å². The van der Waals surface area contributed by atoms with Crippen LogP contribution in [0.15, 0.2) is 47.7 Å². The van der Waals surface area contributed by atoms with Crippen molar-refractivity contribution in [3.63, 3.8) is 0 Å². The number of primary sulfonamides is 1. The minimum absolute atomic E-state index is 0.147. The summed E-state index contributed by atoms with van der Waals surface area (Å²) in [5, 5.41) is 15.5. The molecule has 0 fully saturated rings. The molecule has 2 rings (SSSR count). The summed E-state index contributed by atoms with van der Waals surface area (Å²) in [6.45, 7) is 0.882. The molecule has 0 bridgehead atoms. The van der Waals surface area contributed by atoms with Crippen molar-refractivity contribution in [3.05, 3.63) is 53.3 Å². The first-order valence-electron chi connectivity index (χ1n) is 7.16. The van der Waals surface area contributed by atoms with Crippen LogP contribution in [0.1, 0.15) is 18.9 Å². The second-order valence-corrected chi connectivity index (χ2v) is 9.63. The number of allylic oxidation sites excluding steroid dienone is 2. The minimum atomic E-state index is -4.90. The van der Waals surface area contributed by atoms with Crippen molar-refractivity contribution in [1.82, 2.24) is 4.72 Å². The molecule has 26 heavy (non-hydrogen) atoms. The molecule has 9 nitrogen and oxygen atoms in total. The number of hydrogen-bond donors (Lipinski definition) is 3. The number of nitrogens with two attached hydrogens (primary N) is 1. The number of aliphatic hydroxyl groups excluding tert-OH is 1. The molecule has 0 radical (unpaired) electrons. The topological polar surface area (TPSA) is 161 Å². The molecule has 4 N–H and O–H groups in total. The molecule has 0 saturated carbocycles. The number of nitrogens with one attached hydrogen (secondary N) is 1. The largest absolute Gasteiger partial charge is 0.507 e. The highest BCUT2D eigenvalue weighted by atomic mass is 32.3. The van der Waals surface area contributed by atoms with E-state index in [1.165, 1.54) is 12.1 Å². The van der Waals surface area contributed by atoms with Gasteiger partial charge >= 0.3 is 0 Å². The van der Waals surface area contributed by atoms with Crippen LogP contribution in [0.25, 0.3) is 5.57 Å². The molecule has 0 heterocycles. The SMILES string of the molecule is CC(=O)NS(=O)(=O)C1(S(N)(=O)=O)C=C(c2ccccc2)C(O)=C(C=O)C1. The smallest absolute Gasteiger partial charge is 0.260 e. The molecule has 140 valence electrons. The Morgan fingerprint density at radius 1 is 1.23 bits per heavy atom. The Morgan fingerprint density at radius 2 is 1.81 bits per heavy atom. The highest BCUT2D eigenvalue weighted by Gasteiger charge is 2.55. The van der Waals surface area contributed by atoms with E-state index in [0.29, 0.717) is 0 Å². The van der Waals surface area contributed by atoms with E-state index in [9.17, 15) is 31.5 Å². The van der Waals surface area contributed by atoms with Crippen molar-refractivity contribution >= 4 is 37.8 Å². The molecule has 1 aliphatic carbocycles. The van der Waals surface area contributed by atoms with E-state index in [2.05, 4.69) is 0 Å². The number of aliphatic hydroxyl groups is 1. The molecular formula is C15H16N2O7S2. The van der Waals surface area contributed by atoms with E-state index >= 15 is 0 Å². The average molecular weight is 400 g/mol. The van der Waals surface area contributed by atoms with Gasteiger partial charge in [0, 0.05) is 24.5 Å². The molecular weight excluding hydrogens is 384 g/mol. The average Bonchev–Trinajstić information content (AvgIpc) is 2.53. The minimum Gasteiger partial charge on any atom is -0.507 e. The third-order valence-corrected chi connectivity index (χ3v) is 8.11. The maximum absolute atomic E-state index is 12.7. The van der Waals surface area contributed by atoms with Crippen molar-refractivity contribution in [2.45, 2.75) is 17.4 Å². The predicted molar refractivity (Wildman–Crippen MR) is 93.3 cm³/mol. The van der Waals surface area contributed by atoms with E-state index in [0.717, 1.165) is 13.0 Å². The fourth-order valence-corrected chi connectivity index (χ4v) is 5.74. The van der Waals surface area contributed by atoms with Gasteiger partial charge in [-0.1, -0.05) is 30.3 Å². The van der Waals surface area contributed by atoms with Crippen LogP contribution < -0.4 is 9.86 Å². The molecule has 0 spiro atoms. The molecule has 1 atom stereocenters. The molecule has 0 aliphatic heterocycles. The predicted octanol–water partition coefficient (Wildman–Crippen LogP) is -0.0646. The second kappa shape index (κ2) is 6.67. The lowest BCUT2D eigenvalue weighted by Crippen LogP contribution is -2.55. The quantitative estimate of drug-likeness (QED) is 0.583. The summed E-state index contributed by atoms with van der Waals surface area (Å²) in [7, 11) is -9.78. The number of rotatable bonds is 5. The van der Waals surface area contributed by atoms with E-state index < -0.39 is 47.8 Å². The fraction of sp³-hybridized carbons (Fsp3) is 0.200. The van der Waals surface area contributed by atoms with E-state index in [1.54, 1.807) is 22.9 Å². The second-order valence-electron chi connectivity index (χ2n) is 5.61. The number of carbonyl (C=O) groups is 2. The highest BCUT2D eigenvalue weighted by molar-refractivity contribution is 8.09. The number of benzene rings is 1. The molecule has 1 aromatic rings. The van der Waals surface area contributed by atoms with Gasteiger partial charge in [0.2, 0.25) is 20.0 Å². The number of carbonyl (C=O) groups excluding carboxylic acids is 2. The van der Waals surface area contributed by atoms with E-state index in [-0.39, 0.29) is 17.4 Å². The monoisotopic (exact) mass is 400 g/mol. The third kappa shape index (κ3) is 3.28. The molecule has 1 amide bonds. The summed E-state index contributed by atoms with van der Waals surface area (Å²) in [6, 6.07) is 7.75. The first kappa shape index (κ1) is 19.8. The van der Waals surface area contributed by atoms with E-state index in [1.807, 2.05) is 0 Å². The van der Waals surface area contributed by atoms with E-state index in [4.69, 9.17) is 5.14 Å². The Morgan fingerprint density at radius 3 is 2.27 bits per heavy atom. The Hall–Kier alpha value is -2.50. The van der Waals surface area contributed by atoms with Crippen LogP contribution in [0.4, 0.5) is 0 Å². The summed E-state index contributed by atoms with van der Waals surface area (Å²) >= 11 is 0. The third-order valence-electron chi connectivity index (χ3n) is 3.80. The van der Waals surface area contributed by atoms with Gasteiger partial charge < -0.3 is 5.11 Å². The Balaban J connectivity index is 2.89. The van der Waals surface area contributed by atoms with Crippen molar-refractivity contribution in [1.29, 1.82) is 0 Å². The van der Waals surface area contributed by atoms with Gasteiger partial charge in [-0.25, -0.2) is 22.0 Å². The van der Waals surface area contributed by atoms with Gasteiger partial charge in [0.1, 0.15) is 12.0 Å². The number of amides is 1. The summed E-state index contributed by atoms with van der Waals surface area (Å²) in [6.07, 6.45) is -0.0557. The first-order valence-corrected chi connectivity index (χ1v) is 10.2. The van der Waals surface area contributed by atoms with Gasteiger partial charge in [-0.05, 0) is 11.6 Å². The lowest BCUT2D eigenvalue weighted by atomic mass is 9.92. The van der Waals surface area contributed by atoms with Crippen LogP contribution in [0.2, 0.25) is 0 Å². The number of aldehydes is 1. The van der Waals surface area contributed by atoms with Gasteiger partial charge in [-0.15, -0.1) is 0 Å². The maximum Gasteiger partial charge on any atom is 0.260 e. The van der Waals surface area contributed by atoms with Crippen molar-refractivity contribution < 1.29 is 31.5 Å².